The van der Waals surface area contributed by atoms with E-state index < -0.39 is 0 Å². The van der Waals surface area contributed by atoms with Crippen LogP contribution in [-0.2, 0) is 18.5 Å². The molecule has 2 nitrogen and oxygen atoms in total. The fraction of sp³-hybridized carbons (Fsp3) is 0.692. The molecule has 0 bridgehead atoms. The van der Waals surface area contributed by atoms with Crippen molar-refractivity contribution in [2.24, 2.45) is 5.73 Å². The predicted octanol–water partition coefficient (Wildman–Crippen LogP) is 2.46. The normalized spacial score (nSPS) is 24.6. The molecule has 0 saturated heterocycles. The summed E-state index contributed by atoms with van der Waals surface area (Å²) < 4.78 is 0. The van der Waals surface area contributed by atoms with Gasteiger partial charge in [0.1, 0.15) is 0 Å². The van der Waals surface area contributed by atoms with Gasteiger partial charge in [-0.3, -0.25) is 0 Å². The lowest BCUT2D eigenvalue weighted by Gasteiger charge is -2.21. The Morgan fingerprint density at radius 1 is 1.38 bits per heavy atom. The van der Waals surface area contributed by atoms with Gasteiger partial charge in [0, 0.05) is 22.8 Å². The number of nitrogens with zero attached hydrogens (tertiary/aromatic N) is 1. The minimum atomic E-state index is 0.0145. The first-order chi connectivity index (χ1) is 7.67. The predicted molar refractivity (Wildman–Crippen MR) is 68.7 cm³/mol. The number of hydrogen-bond donors (Lipinski definition) is 1. The molecule has 1 aliphatic heterocycles. The lowest BCUT2D eigenvalue weighted by Crippen LogP contribution is -2.31. The lowest BCUT2D eigenvalue weighted by molar-refractivity contribution is 0.315. The fourth-order valence-electron chi connectivity index (χ4n) is 2.97. The number of likely N-dealkylation sites (N-methyl/N-ethyl adjacent to an activating group) is 1. The van der Waals surface area contributed by atoms with Crippen LogP contribution in [0.15, 0.2) is 6.07 Å². The second-order valence-electron chi connectivity index (χ2n) is 5.41. The zero-order valence-corrected chi connectivity index (χ0v) is 10.8. The summed E-state index contributed by atoms with van der Waals surface area (Å²) in [5.74, 6) is 0. The molecule has 2 heterocycles. The maximum atomic E-state index is 6.52. The number of thiophene rings is 1. The van der Waals surface area contributed by atoms with E-state index in [4.69, 9.17) is 5.73 Å². The molecule has 0 aromatic carbocycles. The van der Waals surface area contributed by atoms with E-state index in [2.05, 4.69) is 18.0 Å². The zero-order valence-electron chi connectivity index (χ0n) is 9.96. The van der Waals surface area contributed by atoms with E-state index in [0.29, 0.717) is 0 Å². The molecule has 1 aromatic heterocycles. The van der Waals surface area contributed by atoms with Crippen LogP contribution < -0.4 is 5.73 Å². The van der Waals surface area contributed by atoms with Gasteiger partial charge in [-0.2, -0.15) is 0 Å². The molecule has 0 radical (unpaired) electrons. The van der Waals surface area contributed by atoms with Crippen LogP contribution in [0.25, 0.3) is 0 Å². The van der Waals surface area contributed by atoms with Crippen LogP contribution in [0.2, 0.25) is 0 Å². The minimum Gasteiger partial charge on any atom is -0.321 e. The second kappa shape index (κ2) is 3.83. The lowest BCUT2D eigenvalue weighted by atomic mass is 9.96. The summed E-state index contributed by atoms with van der Waals surface area (Å²) in [5, 5.41) is 0. The molecule has 3 rings (SSSR count). The largest absolute Gasteiger partial charge is 0.321 e. The summed E-state index contributed by atoms with van der Waals surface area (Å²) in [6, 6.07) is 2.39. The van der Waals surface area contributed by atoms with Crippen molar-refractivity contribution in [2.75, 3.05) is 13.6 Å². The maximum absolute atomic E-state index is 6.52. The van der Waals surface area contributed by atoms with Crippen molar-refractivity contribution in [3.8, 4) is 0 Å². The van der Waals surface area contributed by atoms with Crippen molar-refractivity contribution in [1.29, 1.82) is 0 Å². The minimum absolute atomic E-state index is 0.0145. The average molecular weight is 236 g/mol. The first kappa shape index (κ1) is 10.8. The van der Waals surface area contributed by atoms with Crippen molar-refractivity contribution in [3.05, 3.63) is 21.4 Å². The Bertz CT molecular complexity index is 391. The Balaban J connectivity index is 1.92. The Kier molecular flexibility index (Phi) is 2.57. The van der Waals surface area contributed by atoms with Gasteiger partial charge in [0.2, 0.25) is 0 Å². The van der Waals surface area contributed by atoms with Gasteiger partial charge in [-0.25, -0.2) is 0 Å². The smallest absolute Gasteiger partial charge is 0.0503 e. The topological polar surface area (TPSA) is 29.3 Å². The van der Waals surface area contributed by atoms with Crippen LogP contribution in [0.5, 0.6) is 0 Å². The highest BCUT2D eigenvalue weighted by molar-refractivity contribution is 7.12. The summed E-state index contributed by atoms with van der Waals surface area (Å²) >= 11 is 1.98. The van der Waals surface area contributed by atoms with Crippen LogP contribution >= 0.6 is 11.3 Å². The Labute approximate surface area is 101 Å². The van der Waals surface area contributed by atoms with Crippen molar-refractivity contribution in [1.82, 2.24) is 4.90 Å². The van der Waals surface area contributed by atoms with Crippen molar-refractivity contribution >= 4 is 11.3 Å². The fourth-order valence-corrected chi connectivity index (χ4v) is 4.29. The van der Waals surface area contributed by atoms with E-state index in [1.165, 1.54) is 49.1 Å². The Hall–Kier alpha value is -0.380. The quantitative estimate of drug-likeness (QED) is 0.811. The third-order valence-electron chi connectivity index (χ3n) is 4.04. The molecular weight excluding hydrogens is 216 g/mol. The molecule has 0 amide bonds. The van der Waals surface area contributed by atoms with E-state index in [9.17, 15) is 0 Å². The Morgan fingerprint density at radius 2 is 2.12 bits per heavy atom. The molecule has 0 unspecified atom stereocenters. The molecule has 1 aliphatic carbocycles. The average Bonchev–Trinajstić information content (AvgIpc) is 2.84. The maximum Gasteiger partial charge on any atom is 0.0503 e. The Morgan fingerprint density at radius 3 is 2.88 bits per heavy atom. The van der Waals surface area contributed by atoms with Gasteiger partial charge in [0.25, 0.3) is 0 Å². The molecule has 1 aromatic rings. The summed E-state index contributed by atoms with van der Waals surface area (Å²) in [7, 11) is 2.20. The molecule has 0 atom stereocenters. The van der Waals surface area contributed by atoms with E-state index >= 15 is 0 Å². The molecule has 1 fully saturated rings. The van der Waals surface area contributed by atoms with Crippen LogP contribution in [0, 0.1) is 0 Å². The monoisotopic (exact) mass is 236 g/mol. The van der Waals surface area contributed by atoms with Crippen LogP contribution in [0.4, 0.5) is 0 Å². The van der Waals surface area contributed by atoms with Gasteiger partial charge < -0.3 is 10.6 Å². The SMILES string of the molecule is CN1CCc2sc(C3(N)CCCC3)cc2C1. The first-order valence-corrected chi connectivity index (χ1v) is 7.08. The van der Waals surface area contributed by atoms with Crippen molar-refractivity contribution in [2.45, 2.75) is 44.2 Å². The van der Waals surface area contributed by atoms with E-state index in [-0.39, 0.29) is 5.54 Å². The van der Waals surface area contributed by atoms with Gasteiger partial charge in [-0.1, -0.05) is 12.8 Å². The summed E-state index contributed by atoms with van der Waals surface area (Å²) in [5.41, 5.74) is 8.07. The van der Waals surface area contributed by atoms with Gasteiger partial charge >= 0.3 is 0 Å². The summed E-state index contributed by atoms with van der Waals surface area (Å²) in [4.78, 5) is 5.44. The molecule has 1 saturated carbocycles. The summed E-state index contributed by atoms with van der Waals surface area (Å²) in [6.07, 6.45) is 6.19. The highest BCUT2D eigenvalue weighted by atomic mass is 32.1. The number of rotatable bonds is 1. The third-order valence-corrected chi connectivity index (χ3v) is 5.50. The molecule has 88 valence electrons. The van der Waals surface area contributed by atoms with Gasteiger partial charge in [-0.15, -0.1) is 11.3 Å². The van der Waals surface area contributed by atoms with Crippen LogP contribution in [0.1, 0.15) is 41.0 Å². The molecule has 3 heteroatoms. The van der Waals surface area contributed by atoms with Crippen molar-refractivity contribution in [3.63, 3.8) is 0 Å². The van der Waals surface area contributed by atoms with Gasteiger partial charge in [-0.05, 0) is 37.9 Å². The molecule has 2 aliphatic rings. The second-order valence-corrected chi connectivity index (χ2v) is 6.55. The number of nitrogens with two attached hydrogens (primary N) is 1. The highest BCUT2D eigenvalue weighted by Crippen LogP contribution is 2.41. The number of fused-ring (bicyclic) bond motifs is 1. The molecule has 16 heavy (non-hydrogen) atoms. The highest BCUT2D eigenvalue weighted by Gasteiger charge is 2.34. The third kappa shape index (κ3) is 1.71. The first-order valence-electron chi connectivity index (χ1n) is 6.27. The van der Waals surface area contributed by atoms with E-state index in [1.54, 1.807) is 4.88 Å². The van der Waals surface area contributed by atoms with Gasteiger partial charge in [0.15, 0.2) is 0 Å². The number of hydrogen-bond acceptors (Lipinski definition) is 3. The van der Waals surface area contributed by atoms with Crippen molar-refractivity contribution < 1.29 is 0 Å². The van der Waals surface area contributed by atoms with E-state index in [0.717, 1.165) is 6.54 Å². The van der Waals surface area contributed by atoms with Crippen LogP contribution in [-0.4, -0.2) is 18.5 Å². The molecule has 0 spiro atoms. The zero-order chi connectivity index (χ0) is 11.2. The van der Waals surface area contributed by atoms with Crippen LogP contribution in [0.3, 0.4) is 0 Å². The van der Waals surface area contributed by atoms with E-state index in [1.807, 2.05) is 11.3 Å². The molecule has 2 N–H and O–H groups in total. The van der Waals surface area contributed by atoms with Gasteiger partial charge in [0.05, 0.1) is 5.54 Å². The summed E-state index contributed by atoms with van der Waals surface area (Å²) in [6.45, 7) is 2.31. The molecular formula is C13H20N2S. The standard InChI is InChI=1S/C13H20N2S/c1-15-7-4-11-10(9-15)8-12(16-11)13(14)5-2-3-6-13/h8H,2-7,9,14H2,1H3.